The highest BCUT2D eigenvalue weighted by molar-refractivity contribution is 5.61. The molecule has 0 saturated carbocycles. The van der Waals surface area contributed by atoms with Crippen molar-refractivity contribution >= 4 is 0 Å². The van der Waals surface area contributed by atoms with E-state index in [1.807, 2.05) is 24.4 Å². The Morgan fingerprint density at radius 2 is 1.93 bits per heavy atom. The molecule has 4 aromatic rings. The molecule has 1 atom stereocenters. The molecule has 0 spiro atoms. The zero-order chi connectivity index (χ0) is 19.5. The molecule has 1 aliphatic rings. The smallest absolute Gasteiger partial charge is 0.244 e. The molecule has 5 rings (SSSR count). The molecule has 1 fully saturated rings. The lowest BCUT2D eigenvalue weighted by Crippen LogP contribution is -2.23. The molecule has 0 radical (unpaired) electrons. The molecule has 0 aliphatic carbocycles. The van der Waals surface area contributed by atoms with Crippen LogP contribution in [0.1, 0.15) is 30.3 Å². The topological polar surface area (TPSA) is 93.7 Å². The molecule has 8 heteroatoms. The summed E-state index contributed by atoms with van der Waals surface area (Å²) in [4.78, 5) is 23.8. The van der Waals surface area contributed by atoms with E-state index in [0.29, 0.717) is 11.7 Å². The minimum absolute atomic E-state index is 0.130. The van der Waals surface area contributed by atoms with E-state index in [0.717, 1.165) is 42.8 Å². The number of aromatic nitrogens is 6. The predicted octanol–water partition coefficient (Wildman–Crippen LogP) is 3.32. The van der Waals surface area contributed by atoms with E-state index in [4.69, 9.17) is 4.52 Å². The number of likely N-dealkylation sites (tertiary alicyclic amines) is 1. The van der Waals surface area contributed by atoms with Crippen LogP contribution in [0.2, 0.25) is 0 Å². The average Bonchev–Trinajstić information content (AvgIpc) is 3.45. The number of pyridine rings is 2. The summed E-state index contributed by atoms with van der Waals surface area (Å²) in [6.45, 7) is 1.83. The Labute approximate surface area is 167 Å². The molecule has 0 aromatic carbocycles. The van der Waals surface area contributed by atoms with Gasteiger partial charge in [0.2, 0.25) is 11.7 Å². The summed E-state index contributed by atoms with van der Waals surface area (Å²) in [6, 6.07) is 8.03. The zero-order valence-electron chi connectivity index (χ0n) is 15.7. The number of nitrogens with zero attached hydrogens (tertiary/aromatic N) is 7. The van der Waals surface area contributed by atoms with Gasteiger partial charge in [0.1, 0.15) is 6.33 Å². The van der Waals surface area contributed by atoms with Gasteiger partial charge in [-0.05, 0) is 43.1 Å². The Kier molecular flexibility index (Phi) is 4.75. The highest BCUT2D eigenvalue weighted by Crippen LogP contribution is 2.33. The summed E-state index contributed by atoms with van der Waals surface area (Å²) >= 11 is 0. The zero-order valence-corrected chi connectivity index (χ0v) is 15.7. The van der Waals surface area contributed by atoms with Crippen LogP contribution in [0, 0.1) is 0 Å². The van der Waals surface area contributed by atoms with Crippen LogP contribution in [0.15, 0.2) is 66.1 Å². The van der Waals surface area contributed by atoms with Gasteiger partial charge in [0.05, 0.1) is 11.7 Å². The Balaban J connectivity index is 1.33. The van der Waals surface area contributed by atoms with Crippen molar-refractivity contribution in [1.82, 2.24) is 35.0 Å². The van der Waals surface area contributed by atoms with Crippen molar-refractivity contribution in [3.63, 3.8) is 0 Å². The average molecular weight is 385 g/mol. The Morgan fingerprint density at radius 3 is 2.72 bits per heavy atom. The molecule has 0 N–H and O–H groups in total. The molecular formula is C21H19N7O. The van der Waals surface area contributed by atoms with Crippen LogP contribution in [-0.2, 0) is 6.54 Å². The largest absolute Gasteiger partial charge is 0.337 e. The summed E-state index contributed by atoms with van der Waals surface area (Å²) in [7, 11) is 0. The lowest BCUT2D eigenvalue weighted by atomic mass is 10.2. The van der Waals surface area contributed by atoms with Gasteiger partial charge < -0.3 is 4.52 Å². The van der Waals surface area contributed by atoms with Crippen LogP contribution in [0.4, 0.5) is 0 Å². The second-order valence-corrected chi connectivity index (χ2v) is 7.01. The minimum atomic E-state index is 0.130. The highest BCUT2D eigenvalue weighted by atomic mass is 16.5. The third kappa shape index (κ3) is 3.74. The van der Waals surface area contributed by atoms with Crippen LogP contribution < -0.4 is 0 Å². The molecule has 0 bridgehead atoms. The maximum atomic E-state index is 5.62. The third-order valence-corrected chi connectivity index (χ3v) is 5.08. The van der Waals surface area contributed by atoms with Gasteiger partial charge in [0.25, 0.3) is 0 Å². The predicted molar refractivity (Wildman–Crippen MR) is 105 cm³/mol. The van der Waals surface area contributed by atoms with E-state index in [1.54, 1.807) is 24.8 Å². The van der Waals surface area contributed by atoms with Gasteiger partial charge in [-0.2, -0.15) is 4.98 Å². The van der Waals surface area contributed by atoms with E-state index in [9.17, 15) is 0 Å². The van der Waals surface area contributed by atoms with Gasteiger partial charge in [0, 0.05) is 48.7 Å². The van der Waals surface area contributed by atoms with Crippen molar-refractivity contribution in [3.8, 4) is 22.6 Å². The second-order valence-electron chi connectivity index (χ2n) is 7.01. The minimum Gasteiger partial charge on any atom is -0.337 e. The second kappa shape index (κ2) is 7.84. The SMILES string of the molecule is c1cncc(CN2CCCC2c2nc(-c3ccc(-c4cncnc4)nc3)no2)c1. The molecule has 1 saturated heterocycles. The maximum Gasteiger partial charge on any atom is 0.244 e. The first-order valence-corrected chi connectivity index (χ1v) is 9.55. The summed E-state index contributed by atoms with van der Waals surface area (Å²) in [6.07, 6.45) is 12.5. The lowest BCUT2D eigenvalue weighted by Gasteiger charge is -2.21. The van der Waals surface area contributed by atoms with Gasteiger partial charge in [-0.3, -0.25) is 14.9 Å². The van der Waals surface area contributed by atoms with E-state index in [1.165, 1.54) is 11.9 Å². The standard InChI is InChI=1S/C21H19N7O/c1-3-15(9-22-7-1)13-28-8-2-4-19(28)21-26-20(27-29-21)16-5-6-18(25-12-16)17-10-23-14-24-11-17/h1,3,5-7,9-12,14,19H,2,4,8,13H2. The third-order valence-electron chi connectivity index (χ3n) is 5.08. The highest BCUT2D eigenvalue weighted by Gasteiger charge is 2.30. The van der Waals surface area contributed by atoms with E-state index in [2.05, 4.69) is 41.0 Å². The summed E-state index contributed by atoms with van der Waals surface area (Å²) in [5.74, 6) is 1.21. The fraction of sp³-hybridized carbons (Fsp3) is 0.238. The van der Waals surface area contributed by atoms with Crippen molar-refractivity contribution in [2.45, 2.75) is 25.4 Å². The van der Waals surface area contributed by atoms with E-state index in [-0.39, 0.29) is 6.04 Å². The Bertz CT molecular complexity index is 1070. The molecule has 0 amide bonds. The molecule has 1 unspecified atom stereocenters. The van der Waals surface area contributed by atoms with E-state index >= 15 is 0 Å². The van der Waals surface area contributed by atoms with Crippen molar-refractivity contribution in [1.29, 1.82) is 0 Å². The van der Waals surface area contributed by atoms with Gasteiger partial charge in [-0.15, -0.1) is 0 Å². The van der Waals surface area contributed by atoms with Gasteiger partial charge in [0.15, 0.2) is 0 Å². The molecule has 5 heterocycles. The molecule has 1 aliphatic heterocycles. The van der Waals surface area contributed by atoms with Gasteiger partial charge >= 0.3 is 0 Å². The Hall–Kier alpha value is -3.52. The number of rotatable bonds is 5. The van der Waals surface area contributed by atoms with Crippen LogP contribution in [-0.4, -0.2) is 41.5 Å². The first-order chi connectivity index (χ1) is 14.4. The van der Waals surface area contributed by atoms with Gasteiger partial charge in [-0.1, -0.05) is 11.2 Å². The van der Waals surface area contributed by atoms with Crippen molar-refractivity contribution < 1.29 is 4.52 Å². The molecule has 144 valence electrons. The fourth-order valence-electron chi connectivity index (χ4n) is 3.64. The maximum absolute atomic E-state index is 5.62. The monoisotopic (exact) mass is 385 g/mol. The summed E-state index contributed by atoms with van der Waals surface area (Å²) < 4.78 is 5.62. The molecular weight excluding hydrogens is 366 g/mol. The Morgan fingerprint density at radius 1 is 1.00 bits per heavy atom. The normalized spacial score (nSPS) is 16.9. The summed E-state index contributed by atoms with van der Waals surface area (Å²) in [5.41, 5.74) is 3.67. The molecule has 29 heavy (non-hydrogen) atoms. The van der Waals surface area contributed by atoms with Crippen LogP contribution in [0.25, 0.3) is 22.6 Å². The van der Waals surface area contributed by atoms with Crippen LogP contribution in [0.3, 0.4) is 0 Å². The van der Waals surface area contributed by atoms with Crippen LogP contribution in [0.5, 0.6) is 0 Å². The van der Waals surface area contributed by atoms with Gasteiger partial charge in [-0.25, -0.2) is 9.97 Å². The van der Waals surface area contributed by atoms with E-state index < -0.39 is 0 Å². The fourth-order valence-corrected chi connectivity index (χ4v) is 3.64. The number of hydrogen-bond donors (Lipinski definition) is 0. The van der Waals surface area contributed by atoms with Crippen molar-refractivity contribution in [2.24, 2.45) is 0 Å². The van der Waals surface area contributed by atoms with Crippen LogP contribution >= 0.6 is 0 Å². The summed E-state index contributed by atoms with van der Waals surface area (Å²) in [5, 5.41) is 4.19. The first-order valence-electron chi connectivity index (χ1n) is 9.55. The lowest BCUT2D eigenvalue weighted by molar-refractivity contribution is 0.201. The van der Waals surface area contributed by atoms with Crippen molar-refractivity contribution in [3.05, 3.63) is 73.0 Å². The number of hydrogen-bond acceptors (Lipinski definition) is 8. The van der Waals surface area contributed by atoms with Crippen molar-refractivity contribution in [2.75, 3.05) is 6.54 Å². The molecule has 4 aromatic heterocycles. The first kappa shape index (κ1) is 17.6. The quantitative estimate of drug-likeness (QED) is 0.516. The molecule has 8 nitrogen and oxygen atoms in total.